The molecule has 5 nitrogen and oxygen atoms in total. The summed E-state index contributed by atoms with van der Waals surface area (Å²) >= 11 is 1.43. The Morgan fingerprint density at radius 3 is 2.95 bits per heavy atom. The van der Waals surface area contributed by atoms with E-state index in [4.69, 9.17) is 0 Å². The van der Waals surface area contributed by atoms with Crippen molar-refractivity contribution in [3.05, 3.63) is 22.4 Å². The van der Waals surface area contributed by atoms with E-state index in [0.29, 0.717) is 11.4 Å². The summed E-state index contributed by atoms with van der Waals surface area (Å²) in [5, 5.41) is 8.29. The first-order chi connectivity index (χ1) is 10.3. The molecule has 1 aromatic rings. The van der Waals surface area contributed by atoms with Crippen LogP contribution in [0.4, 0.5) is 0 Å². The molecule has 0 aliphatic carbocycles. The Morgan fingerprint density at radius 1 is 1.33 bits per heavy atom. The van der Waals surface area contributed by atoms with Crippen molar-refractivity contribution < 1.29 is 9.59 Å². The molecule has 2 unspecified atom stereocenters. The second kappa shape index (κ2) is 6.58. The lowest BCUT2D eigenvalue weighted by Crippen LogP contribution is -2.52. The molecule has 0 aromatic carbocycles. The van der Waals surface area contributed by atoms with Crippen LogP contribution in [0.5, 0.6) is 0 Å². The molecule has 2 saturated heterocycles. The van der Waals surface area contributed by atoms with Crippen LogP contribution in [0.3, 0.4) is 0 Å². The average molecular weight is 307 g/mol. The first-order valence-corrected chi connectivity index (χ1v) is 8.49. The highest BCUT2D eigenvalue weighted by molar-refractivity contribution is 7.12. The Morgan fingerprint density at radius 2 is 2.24 bits per heavy atom. The first-order valence-electron chi connectivity index (χ1n) is 7.61. The molecule has 3 rings (SSSR count). The number of likely N-dealkylation sites (tertiary alicyclic amines) is 1. The maximum absolute atomic E-state index is 12.5. The van der Waals surface area contributed by atoms with Crippen LogP contribution < -0.4 is 10.6 Å². The highest BCUT2D eigenvalue weighted by Gasteiger charge is 2.35. The van der Waals surface area contributed by atoms with E-state index in [2.05, 4.69) is 10.6 Å². The maximum Gasteiger partial charge on any atom is 0.264 e. The van der Waals surface area contributed by atoms with Crippen molar-refractivity contribution in [2.24, 2.45) is 0 Å². The number of hydrogen-bond acceptors (Lipinski definition) is 4. The third-order valence-corrected chi connectivity index (χ3v) is 5.05. The Kier molecular flexibility index (Phi) is 4.55. The van der Waals surface area contributed by atoms with Gasteiger partial charge in [0, 0.05) is 19.1 Å². The molecule has 0 radical (unpaired) electrons. The molecule has 0 spiro atoms. The largest absolute Gasteiger partial charge is 0.350 e. The smallest absolute Gasteiger partial charge is 0.264 e. The number of amides is 2. The van der Waals surface area contributed by atoms with E-state index in [9.17, 15) is 9.59 Å². The standard InChI is InChI=1S/C15H21N3O2S/c19-14(17-11-4-1-7-16-10-11)12-5-2-8-18(12)15(20)13-6-3-9-21-13/h3,6,9,11-12,16H,1-2,4-5,7-8,10H2,(H,17,19). The van der Waals surface area contributed by atoms with Gasteiger partial charge in [0.05, 0.1) is 4.88 Å². The number of nitrogens with zero attached hydrogens (tertiary/aromatic N) is 1. The number of nitrogens with one attached hydrogen (secondary N) is 2. The zero-order valence-corrected chi connectivity index (χ0v) is 12.8. The minimum absolute atomic E-state index is 0.00565. The van der Waals surface area contributed by atoms with Gasteiger partial charge in [-0.25, -0.2) is 0 Å². The summed E-state index contributed by atoms with van der Waals surface area (Å²) in [6, 6.07) is 3.59. The third-order valence-electron chi connectivity index (χ3n) is 4.19. The molecule has 2 fully saturated rings. The van der Waals surface area contributed by atoms with E-state index in [-0.39, 0.29) is 23.9 Å². The lowest BCUT2D eigenvalue weighted by Gasteiger charge is -2.28. The van der Waals surface area contributed by atoms with Crippen LogP contribution in [0, 0.1) is 0 Å². The third kappa shape index (κ3) is 3.27. The first kappa shape index (κ1) is 14.5. The maximum atomic E-state index is 12.5. The fraction of sp³-hybridized carbons (Fsp3) is 0.600. The van der Waals surface area contributed by atoms with E-state index in [0.717, 1.165) is 38.8 Å². The Balaban J connectivity index is 1.63. The van der Waals surface area contributed by atoms with Crippen molar-refractivity contribution in [3.8, 4) is 0 Å². The summed E-state index contributed by atoms with van der Waals surface area (Å²) in [4.78, 5) is 27.4. The van der Waals surface area contributed by atoms with Crippen molar-refractivity contribution in [3.63, 3.8) is 0 Å². The summed E-state index contributed by atoms with van der Waals surface area (Å²) in [5.74, 6) is -0.00414. The van der Waals surface area contributed by atoms with Gasteiger partial charge in [-0.2, -0.15) is 0 Å². The van der Waals surface area contributed by atoms with Crippen molar-refractivity contribution in [2.75, 3.05) is 19.6 Å². The molecule has 2 amide bonds. The van der Waals surface area contributed by atoms with E-state index < -0.39 is 0 Å². The number of hydrogen-bond donors (Lipinski definition) is 2. The number of thiophene rings is 1. The number of rotatable bonds is 3. The van der Waals surface area contributed by atoms with Crippen molar-refractivity contribution in [2.45, 2.75) is 37.8 Å². The Hall–Kier alpha value is -1.40. The molecular weight excluding hydrogens is 286 g/mol. The molecule has 21 heavy (non-hydrogen) atoms. The quantitative estimate of drug-likeness (QED) is 0.883. The summed E-state index contributed by atoms with van der Waals surface area (Å²) in [6.45, 7) is 2.54. The average Bonchev–Trinajstić information content (AvgIpc) is 3.19. The molecule has 2 aliphatic heterocycles. The zero-order valence-electron chi connectivity index (χ0n) is 12.0. The molecule has 0 saturated carbocycles. The topological polar surface area (TPSA) is 61.4 Å². The molecule has 114 valence electrons. The molecule has 2 N–H and O–H groups in total. The Labute approximate surface area is 128 Å². The summed E-state index contributed by atoms with van der Waals surface area (Å²) in [7, 11) is 0. The van der Waals surface area contributed by atoms with Gasteiger partial charge in [0.1, 0.15) is 6.04 Å². The number of carbonyl (C=O) groups is 2. The fourth-order valence-corrected chi connectivity index (χ4v) is 3.78. The van der Waals surface area contributed by atoms with Crippen LogP contribution in [-0.4, -0.2) is 48.4 Å². The van der Waals surface area contributed by atoms with Gasteiger partial charge in [-0.15, -0.1) is 11.3 Å². The monoisotopic (exact) mass is 307 g/mol. The predicted octanol–water partition coefficient (Wildman–Crippen LogP) is 1.22. The lowest BCUT2D eigenvalue weighted by molar-refractivity contribution is -0.125. The highest BCUT2D eigenvalue weighted by Crippen LogP contribution is 2.22. The van der Waals surface area contributed by atoms with Gasteiger partial charge in [-0.1, -0.05) is 6.07 Å². The molecular formula is C15H21N3O2S. The lowest BCUT2D eigenvalue weighted by atomic mass is 10.1. The van der Waals surface area contributed by atoms with Gasteiger partial charge in [0.25, 0.3) is 5.91 Å². The van der Waals surface area contributed by atoms with Crippen LogP contribution >= 0.6 is 11.3 Å². The fourth-order valence-electron chi connectivity index (χ4n) is 3.10. The van der Waals surface area contributed by atoms with E-state index in [1.54, 1.807) is 4.90 Å². The van der Waals surface area contributed by atoms with E-state index in [1.807, 2.05) is 17.5 Å². The summed E-state index contributed by atoms with van der Waals surface area (Å²) in [5.41, 5.74) is 0. The normalized spacial score (nSPS) is 25.8. The minimum atomic E-state index is -0.304. The number of piperidine rings is 1. The molecule has 6 heteroatoms. The summed E-state index contributed by atoms with van der Waals surface area (Å²) < 4.78 is 0. The van der Waals surface area contributed by atoms with Crippen LogP contribution in [0.1, 0.15) is 35.4 Å². The highest BCUT2D eigenvalue weighted by atomic mass is 32.1. The molecule has 2 aliphatic rings. The van der Waals surface area contributed by atoms with Gasteiger partial charge in [0.2, 0.25) is 5.91 Å². The van der Waals surface area contributed by atoms with Crippen LogP contribution in [0.15, 0.2) is 17.5 Å². The summed E-state index contributed by atoms with van der Waals surface area (Å²) in [6.07, 6.45) is 3.78. The SMILES string of the molecule is O=C(NC1CCCNC1)C1CCCN1C(=O)c1cccs1. The second-order valence-corrected chi connectivity index (χ2v) is 6.63. The zero-order chi connectivity index (χ0) is 14.7. The van der Waals surface area contributed by atoms with Crippen LogP contribution in [0.25, 0.3) is 0 Å². The van der Waals surface area contributed by atoms with Gasteiger partial charge >= 0.3 is 0 Å². The molecule has 1 aromatic heterocycles. The second-order valence-electron chi connectivity index (χ2n) is 5.69. The van der Waals surface area contributed by atoms with Gasteiger partial charge in [0.15, 0.2) is 0 Å². The number of carbonyl (C=O) groups excluding carboxylic acids is 2. The molecule has 3 heterocycles. The van der Waals surface area contributed by atoms with Crippen LogP contribution in [0.2, 0.25) is 0 Å². The van der Waals surface area contributed by atoms with Gasteiger partial charge < -0.3 is 15.5 Å². The molecule has 0 bridgehead atoms. The minimum Gasteiger partial charge on any atom is -0.350 e. The molecule has 2 atom stereocenters. The van der Waals surface area contributed by atoms with Crippen LogP contribution in [-0.2, 0) is 4.79 Å². The van der Waals surface area contributed by atoms with Crippen molar-refractivity contribution in [1.29, 1.82) is 0 Å². The predicted molar refractivity (Wildman–Crippen MR) is 82.4 cm³/mol. The van der Waals surface area contributed by atoms with Gasteiger partial charge in [-0.05, 0) is 43.7 Å². The van der Waals surface area contributed by atoms with E-state index >= 15 is 0 Å². The Bertz CT molecular complexity index is 497. The van der Waals surface area contributed by atoms with Gasteiger partial charge in [-0.3, -0.25) is 9.59 Å². The van der Waals surface area contributed by atoms with Crippen molar-refractivity contribution >= 4 is 23.2 Å². The van der Waals surface area contributed by atoms with E-state index in [1.165, 1.54) is 11.3 Å². The van der Waals surface area contributed by atoms with Crippen molar-refractivity contribution in [1.82, 2.24) is 15.5 Å².